The van der Waals surface area contributed by atoms with E-state index in [1.807, 2.05) is 4.90 Å². The lowest BCUT2D eigenvalue weighted by molar-refractivity contribution is -0.119. The minimum Gasteiger partial charge on any atom is -0.484 e. The summed E-state index contributed by atoms with van der Waals surface area (Å²) in [6.45, 7) is 2.82. The minimum absolute atomic E-state index is 0.0748. The lowest BCUT2D eigenvalue weighted by Gasteiger charge is -2.25. The molecule has 0 aliphatic carbocycles. The fraction of sp³-hybridized carbons (Fsp3) is 0.300. The van der Waals surface area contributed by atoms with Crippen molar-refractivity contribution < 1.29 is 23.5 Å². The van der Waals surface area contributed by atoms with E-state index < -0.39 is 5.82 Å². The molecule has 0 saturated carbocycles. The van der Waals surface area contributed by atoms with Gasteiger partial charge in [0.25, 0.3) is 5.91 Å². The first-order valence-electron chi connectivity index (χ1n) is 9.07. The van der Waals surface area contributed by atoms with Gasteiger partial charge in [0.2, 0.25) is 5.91 Å². The summed E-state index contributed by atoms with van der Waals surface area (Å²) >= 11 is 5.67. The fourth-order valence-corrected chi connectivity index (χ4v) is 2.88. The summed E-state index contributed by atoms with van der Waals surface area (Å²) in [7, 11) is 0. The molecule has 0 unspecified atom stereocenters. The van der Waals surface area contributed by atoms with E-state index in [-0.39, 0.29) is 23.4 Å². The molecule has 0 spiro atoms. The zero-order chi connectivity index (χ0) is 20.6. The molecule has 0 bridgehead atoms. The van der Waals surface area contributed by atoms with Crippen LogP contribution < -0.4 is 15.4 Å². The van der Waals surface area contributed by atoms with E-state index in [4.69, 9.17) is 21.1 Å². The standard InChI is InChI=1S/C20H21ClFN3O4/c21-17-11-16(5-6-18(17)22)29-13-20(27)24-15-3-1-14(2-4-15)23-19(26)12-25-7-9-28-10-8-25/h1-6,11H,7-10,12-13H2,(H,23,26)(H,24,27). The third kappa shape index (κ3) is 6.70. The van der Waals surface area contributed by atoms with Crippen LogP contribution in [-0.4, -0.2) is 56.2 Å². The van der Waals surface area contributed by atoms with E-state index in [0.29, 0.717) is 36.9 Å². The zero-order valence-electron chi connectivity index (χ0n) is 15.6. The number of nitrogens with one attached hydrogen (secondary N) is 2. The molecular formula is C20H21ClFN3O4. The van der Waals surface area contributed by atoms with Gasteiger partial charge in [-0.15, -0.1) is 0 Å². The summed E-state index contributed by atoms with van der Waals surface area (Å²) in [6.07, 6.45) is 0. The number of nitrogens with zero attached hydrogens (tertiary/aromatic N) is 1. The molecule has 1 aliphatic rings. The molecule has 154 valence electrons. The Hall–Kier alpha value is -2.68. The van der Waals surface area contributed by atoms with Gasteiger partial charge in [-0.2, -0.15) is 0 Å². The van der Waals surface area contributed by atoms with Crippen molar-refractivity contribution in [3.8, 4) is 5.75 Å². The lowest BCUT2D eigenvalue weighted by Crippen LogP contribution is -2.41. The van der Waals surface area contributed by atoms with Crippen molar-refractivity contribution in [2.24, 2.45) is 0 Å². The van der Waals surface area contributed by atoms with Gasteiger partial charge < -0.3 is 20.1 Å². The molecule has 0 atom stereocenters. The van der Waals surface area contributed by atoms with Crippen LogP contribution in [-0.2, 0) is 14.3 Å². The topological polar surface area (TPSA) is 79.9 Å². The van der Waals surface area contributed by atoms with Crippen molar-refractivity contribution >= 4 is 34.8 Å². The first-order chi connectivity index (χ1) is 14.0. The molecule has 2 N–H and O–H groups in total. The van der Waals surface area contributed by atoms with Crippen molar-refractivity contribution in [1.82, 2.24) is 4.90 Å². The molecule has 7 nitrogen and oxygen atoms in total. The molecular weight excluding hydrogens is 401 g/mol. The highest BCUT2D eigenvalue weighted by Gasteiger charge is 2.14. The molecule has 0 radical (unpaired) electrons. The van der Waals surface area contributed by atoms with Gasteiger partial charge in [-0.05, 0) is 36.4 Å². The Balaban J connectivity index is 1.43. The van der Waals surface area contributed by atoms with E-state index in [2.05, 4.69) is 10.6 Å². The third-order valence-corrected chi connectivity index (χ3v) is 4.47. The van der Waals surface area contributed by atoms with E-state index in [0.717, 1.165) is 13.1 Å². The first kappa shape index (κ1) is 21.0. The van der Waals surface area contributed by atoms with Gasteiger partial charge in [0.15, 0.2) is 6.61 Å². The lowest BCUT2D eigenvalue weighted by atomic mass is 10.2. The van der Waals surface area contributed by atoms with Gasteiger partial charge in [0, 0.05) is 30.5 Å². The van der Waals surface area contributed by atoms with Crippen LogP contribution in [0.15, 0.2) is 42.5 Å². The van der Waals surface area contributed by atoms with Crippen LogP contribution in [0.3, 0.4) is 0 Å². The number of anilines is 2. The third-order valence-electron chi connectivity index (χ3n) is 4.18. The largest absolute Gasteiger partial charge is 0.484 e. The number of hydrogen-bond acceptors (Lipinski definition) is 5. The highest BCUT2D eigenvalue weighted by Crippen LogP contribution is 2.21. The Morgan fingerprint density at radius 1 is 1.03 bits per heavy atom. The van der Waals surface area contributed by atoms with E-state index in [1.54, 1.807) is 24.3 Å². The number of morpholine rings is 1. The smallest absolute Gasteiger partial charge is 0.262 e. The molecule has 1 aliphatic heterocycles. The summed E-state index contributed by atoms with van der Waals surface area (Å²) in [5.74, 6) is -0.741. The highest BCUT2D eigenvalue weighted by atomic mass is 35.5. The number of hydrogen-bond donors (Lipinski definition) is 2. The maximum atomic E-state index is 13.1. The predicted octanol–water partition coefficient (Wildman–Crippen LogP) is 2.77. The van der Waals surface area contributed by atoms with Crippen LogP contribution in [0.25, 0.3) is 0 Å². The Labute approximate surface area is 172 Å². The number of carbonyl (C=O) groups is 2. The van der Waals surface area contributed by atoms with Crippen molar-refractivity contribution in [2.75, 3.05) is 50.1 Å². The molecule has 9 heteroatoms. The van der Waals surface area contributed by atoms with Crippen molar-refractivity contribution in [1.29, 1.82) is 0 Å². The molecule has 0 aromatic heterocycles. The Morgan fingerprint density at radius 3 is 2.28 bits per heavy atom. The Morgan fingerprint density at radius 2 is 1.66 bits per heavy atom. The highest BCUT2D eigenvalue weighted by molar-refractivity contribution is 6.30. The summed E-state index contributed by atoms with van der Waals surface area (Å²) in [6, 6.07) is 10.6. The molecule has 29 heavy (non-hydrogen) atoms. The monoisotopic (exact) mass is 421 g/mol. The van der Waals surface area contributed by atoms with Gasteiger partial charge in [-0.25, -0.2) is 4.39 Å². The molecule has 1 saturated heterocycles. The number of halogens is 2. The van der Waals surface area contributed by atoms with Gasteiger partial charge in [-0.1, -0.05) is 11.6 Å². The number of benzene rings is 2. The van der Waals surface area contributed by atoms with Crippen LogP contribution in [0.5, 0.6) is 5.75 Å². The quantitative estimate of drug-likeness (QED) is 0.718. The van der Waals surface area contributed by atoms with Crippen LogP contribution in [0.4, 0.5) is 15.8 Å². The molecule has 1 heterocycles. The van der Waals surface area contributed by atoms with Gasteiger partial charge >= 0.3 is 0 Å². The normalized spacial score (nSPS) is 14.3. The predicted molar refractivity (Wildman–Crippen MR) is 108 cm³/mol. The molecule has 3 rings (SSSR count). The Bertz CT molecular complexity index is 857. The number of rotatable bonds is 7. The van der Waals surface area contributed by atoms with E-state index in [1.165, 1.54) is 18.2 Å². The molecule has 1 fully saturated rings. The van der Waals surface area contributed by atoms with Crippen LogP contribution >= 0.6 is 11.6 Å². The van der Waals surface area contributed by atoms with Crippen molar-refractivity contribution in [2.45, 2.75) is 0 Å². The average molecular weight is 422 g/mol. The summed E-state index contributed by atoms with van der Waals surface area (Å²) in [5, 5.41) is 5.43. The second-order valence-electron chi connectivity index (χ2n) is 6.43. The van der Waals surface area contributed by atoms with Crippen molar-refractivity contribution in [3.05, 3.63) is 53.3 Å². The van der Waals surface area contributed by atoms with Gasteiger partial charge in [0.05, 0.1) is 24.8 Å². The van der Waals surface area contributed by atoms with E-state index in [9.17, 15) is 14.0 Å². The van der Waals surface area contributed by atoms with Crippen LogP contribution in [0.2, 0.25) is 5.02 Å². The number of amides is 2. The minimum atomic E-state index is -0.555. The van der Waals surface area contributed by atoms with Crippen molar-refractivity contribution in [3.63, 3.8) is 0 Å². The van der Waals surface area contributed by atoms with Crippen LogP contribution in [0.1, 0.15) is 0 Å². The molecule has 2 aromatic carbocycles. The van der Waals surface area contributed by atoms with Crippen LogP contribution in [0, 0.1) is 5.82 Å². The maximum Gasteiger partial charge on any atom is 0.262 e. The summed E-state index contributed by atoms with van der Waals surface area (Å²) in [4.78, 5) is 26.1. The van der Waals surface area contributed by atoms with Gasteiger partial charge in [0.1, 0.15) is 11.6 Å². The molecule has 2 aromatic rings. The van der Waals surface area contributed by atoms with E-state index >= 15 is 0 Å². The number of ether oxygens (including phenoxy) is 2. The summed E-state index contributed by atoms with van der Waals surface area (Å²) < 4.78 is 23.7. The number of carbonyl (C=O) groups excluding carboxylic acids is 2. The zero-order valence-corrected chi connectivity index (χ0v) is 16.4. The second-order valence-corrected chi connectivity index (χ2v) is 6.83. The SMILES string of the molecule is O=C(COc1ccc(F)c(Cl)c1)Nc1ccc(NC(=O)CN2CCOCC2)cc1. The summed E-state index contributed by atoms with van der Waals surface area (Å²) in [5.41, 5.74) is 1.19. The molecule has 2 amide bonds. The average Bonchev–Trinajstić information content (AvgIpc) is 2.71. The Kier molecular flexibility index (Phi) is 7.40. The first-order valence-corrected chi connectivity index (χ1v) is 9.45. The second kappa shape index (κ2) is 10.2. The maximum absolute atomic E-state index is 13.1. The van der Waals surface area contributed by atoms with Gasteiger partial charge in [-0.3, -0.25) is 14.5 Å². The fourth-order valence-electron chi connectivity index (χ4n) is 2.71.